The molecule has 0 bridgehead atoms. The molecule has 1 unspecified atom stereocenters. The maximum absolute atomic E-state index is 6.53. The molecular weight excluding hydrogens is 412 g/mol. The van der Waals surface area contributed by atoms with Gasteiger partial charge in [0.15, 0.2) is 5.96 Å². The Bertz CT molecular complexity index is 978. The predicted octanol–water partition coefficient (Wildman–Crippen LogP) is 3.34. The van der Waals surface area contributed by atoms with E-state index in [1.165, 1.54) is 24.0 Å². The van der Waals surface area contributed by atoms with Crippen molar-refractivity contribution in [2.75, 3.05) is 45.2 Å². The van der Waals surface area contributed by atoms with E-state index in [0.717, 1.165) is 63.0 Å². The number of rotatable bonds is 4. The number of likely N-dealkylation sites (N-methyl/N-ethyl adjacent to an activating group) is 1. The highest BCUT2D eigenvalue weighted by molar-refractivity contribution is 5.80. The monoisotopic (exact) mass is 448 g/mol. The van der Waals surface area contributed by atoms with Crippen LogP contribution in [0.2, 0.25) is 0 Å². The third kappa shape index (κ3) is 4.78. The standard InChI is InChI=1S/C26H36N6O/c1-27-25(29-19-20-8-7-13-28-24(20)32-16-14-31(2)15-17-32)30-22-18-26(11-5-6-12-26)33-23-10-4-3-9-21(22)23/h3-4,7-10,13,22H,5-6,11-12,14-19H2,1-2H3,(H2,27,29,30). The summed E-state index contributed by atoms with van der Waals surface area (Å²) in [5.74, 6) is 2.91. The van der Waals surface area contributed by atoms with Gasteiger partial charge in [0.05, 0.1) is 6.04 Å². The van der Waals surface area contributed by atoms with Gasteiger partial charge >= 0.3 is 0 Å². The third-order valence-corrected chi connectivity index (χ3v) is 7.36. The quantitative estimate of drug-likeness (QED) is 0.553. The van der Waals surface area contributed by atoms with Gasteiger partial charge in [0.1, 0.15) is 17.2 Å². The number of guanidine groups is 1. The van der Waals surface area contributed by atoms with Crippen LogP contribution >= 0.6 is 0 Å². The van der Waals surface area contributed by atoms with Crippen molar-refractivity contribution < 1.29 is 4.74 Å². The van der Waals surface area contributed by atoms with Gasteiger partial charge in [-0.15, -0.1) is 0 Å². The summed E-state index contributed by atoms with van der Waals surface area (Å²) < 4.78 is 6.53. The van der Waals surface area contributed by atoms with Crippen LogP contribution in [0.3, 0.4) is 0 Å². The predicted molar refractivity (Wildman–Crippen MR) is 133 cm³/mol. The van der Waals surface area contributed by atoms with Crippen molar-refractivity contribution in [1.29, 1.82) is 0 Å². The van der Waals surface area contributed by atoms with E-state index in [-0.39, 0.29) is 11.6 Å². The van der Waals surface area contributed by atoms with Gasteiger partial charge in [0, 0.05) is 63.5 Å². The fourth-order valence-corrected chi connectivity index (χ4v) is 5.48. The molecule has 2 N–H and O–H groups in total. The van der Waals surface area contributed by atoms with Crippen LogP contribution in [0.1, 0.15) is 49.3 Å². The first-order chi connectivity index (χ1) is 16.2. The topological polar surface area (TPSA) is 65.0 Å². The number of benzene rings is 1. The van der Waals surface area contributed by atoms with E-state index < -0.39 is 0 Å². The average molecular weight is 449 g/mol. The molecule has 1 saturated heterocycles. The molecule has 1 saturated carbocycles. The molecule has 3 aliphatic rings. The Balaban J connectivity index is 1.28. The minimum absolute atomic E-state index is 0.0389. The van der Waals surface area contributed by atoms with Gasteiger partial charge in [0.2, 0.25) is 0 Å². The van der Waals surface area contributed by atoms with Crippen molar-refractivity contribution in [1.82, 2.24) is 20.5 Å². The molecule has 1 aliphatic carbocycles. The number of ether oxygens (including phenoxy) is 1. The number of nitrogens with zero attached hydrogens (tertiary/aromatic N) is 4. The van der Waals surface area contributed by atoms with Gasteiger partial charge in [-0.3, -0.25) is 4.99 Å². The zero-order chi connectivity index (χ0) is 22.7. The van der Waals surface area contributed by atoms with Gasteiger partial charge in [-0.25, -0.2) is 4.98 Å². The summed E-state index contributed by atoms with van der Waals surface area (Å²) in [7, 11) is 4.02. The largest absolute Gasteiger partial charge is 0.487 e. The fraction of sp³-hybridized carbons (Fsp3) is 0.538. The van der Waals surface area contributed by atoms with Crippen molar-refractivity contribution in [2.45, 2.75) is 50.3 Å². The highest BCUT2D eigenvalue weighted by Gasteiger charge is 2.43. The summed E-state index contributed by atoms with van der Waals surface area (Å²) in [6.07, 6.45) is 7.63. The summed E-state index contributed by atoms with van der Waals surface area (Å²) in [5, 5.41) is 7.26. The number of hydrogen-bond acceptors (Lipinski definition) is 5. The molecule has 3 heterocycles. The molecule has 0 amide bonds. The van der Waals surface area contributed by atoms with E-state index in [9.17, 15) is 0 Å². The number of aromatic nitrogens is 1. The van der Waals surface area contributed by atoms with E-state index in [1.54, 1.807) is 0 Å². The molecule has 7 heteroatoms. The number of hydrogen-bond donors (Lipinski definition) is 2. The number of aliphatic imine (C=N–C) groups is 1. The van der Waals surface area contributed by atoms with Crippen LogP contribution in [-0.2, 0) is 6.54 Å². The molecule has 2 fully saturated rings. The van der Waals surface area contributed by atoms with Gasteiger partial charge in [-0.1, -0.05) is 24.3 Å². The highest BCUT2D eigenvalue weighted by atomic mass is 16.5. The van der Waals surface area contributed by atoms with Crippen LogP contribution in [-0.4, -0.2) is 61.7 Å². The van der Waals surface area contributed by atoms with Crippen molar-refractivity contribution in [3.05, 3.63) is 53.7 Å². The highest BCUT2D eigenvalue weighted by Crippen LogP contribution is 2.46. The first-order valence-electron chi connectivity index (χ1n) is 12.3. The number of pyridine rings is 1. The number of fused-ring (bicyclic) bond motifs is 1. The van der Waals surface area contributed by atoms with Crippen molar-refractivity contribution in [3.63, 3.8) is 0 Å². The summed E-state index contributed by atoms with van der Waals surface area (Å²) in [5.41, 5.74) is 2.38. The minimum atomic E-state index is -0.0389. The lowest BCUT2D eigenvalue weighted by Crippen LogP contribution is -2.47. The maximum Gasteiger partial charge on any atom is 0.191 e. The first-order valence-corrected chi connectivity index (χ1v) is 12.3. The van der Waals surface area contributed by atoms with Crippen molar-refractivity contribution in [2.24, 2.45) is 4.99 Å². The lowest BCUT2D eigenvalue weighted by atomic mass is 9.86. The molecule has 33 heavy (non-hydrogen) atoms. The average Bonchev–Trinajstić information content (AvgIpc) is 3.29. The Morgan fingerprint density at radius 2 is 1.91 bits per heavy atom. The molecule has 1 aromatic carbocycles. The molecular formula is C26H36N6O. The first kappa shape index (κ1) is 22.0. The van der Waals surface area contributed by atoms with Crippen LogP contribution in [0.4, 0.5) is 5.82 Å². The second-order valence-electron chi connectivity index (χ2n) is 9.63. The summed E-state index contributed by atoms with van der Waals surface area (Å²) in [6.45, 7) is 4.84. The normalized spacial score (nSPS) is 22.7. The van der Waals surface area contributed by atoms with Crippen LogP contribution in [0.5, 0.6) is 5.75 Å². The van der Waals surface area contributed by atoms with Crippen LogP contribution in [0.25, 0.3) is 0 Å². The Kier molecular flexibility index (Phi) is 6.40. The third-order valence-electron chi connectivity index (χ3n) is 7.36. The molecule has 2 aliphatic heterocycles. The Morgan fingerprint density at radius 3 is 2.70 bits per heavy atom. The Hall–Kier alpha value is -2.80. The molecule has 0 radical (unpaired) electrons. The van der Waals surface area contributed by atoms with Gasteiger partial charge in [0.25, 0.3) is 0 Å². The molecule has 176 valence electrons. The van der Waals surface area contributed by atoms with Crippen molar-refractivity contribution in [3.8, 4) is 5.75 Å². The molecule has 1 spiro atoms. The van der Waals surface area contributed by atoms with E-state index in [4.69, 9.17) is 9.72 Å². The maximum atomic E-state index is 6.53. The van der Waals surface area contributed by atoms with Crippen molar-refractivity contribution >= 4 is 11.8 Å². The lowest BCUT2D eigenvalue weighted by molar-refractivity contribution is 0.0396. The van der Waals surface area contributed by atoms with Gasteiger partial charge in [-0.2, -0.15) is 0 Å². The van der Waals surface area contributed by atoms with E-state index in [2.05, 4.69) is 62.8 Å². The molecule has 7 nitrogen and oxygen atoms in total. The second-order valence-corrected chi connectivity index (χ2v) is 9.63. The van der Waals surface area contributed by atoms with Gasteiger partial charge < -0.3 is 25.2 Å². The minimum Gasteiger partial charge on any atom is -0.487 e. The van der Waals surface area contributed by atoms with E-state index in [1.807, 2.05) is 19.3 Å². The molecule has 5 rings (SSSR count). The SMILES string of the molecule is CN=C(NCc1cccnc1N1CCN(C)CC1)NC1CC2(CCCC2)Oc2ccccc21. The number of nitrogens with one attached hydrogen (secondary N) is 2. The zero-order valence-electron chi connectivity index (χ0n) is 19.9. The van der Waals surface area contributed by atoms with Crippen LogP contribution in [0, 0.1) is 0 Å². The van der Waals surface area contributed by atoms with E-state index in [0.29, 0.717) is 6.54 Å². The molecule has 2 aromatic rings. The Morgan fingerprint density at radius 1 is 1.12 bits per heavy atom. The smallest absolute Gasteiger partial charge is 0.191 e. The molecule has 1 atom stereocenters. The number of para-hydroxylation sites is 1. The van der Waals surface area contributed by atoms with Crippen LogP contribution < -0.4 is 20.3 Å². The fourth-order valence-electron chi connectivity index (χ4n) is 5.48. The van der Waals surface area contributed by atoms with E-state index >= 15 is 0 Å². The van der Waals surface area contributed by atoms with Gasteiger partial charge in [-0.05, 0) is 44.9 Å². The Labute approximate surface area is 197 Å². The van der Waals surface area contributed by atoms with Crippen LogP contribution in [0.15, 0.2) is 47.6 Å². The summed E-state index contributed by atoms with van der Waals surface area (Å²) in [6, 6.07) is 12.8. The second kappa shape index (κ2) is 9.59. The molecule has 1 aromatic heterocycles. The summed E-state index contributed by atoms with van der Waals surface area (Å²) >= 11 is 0. The number of piperazine rings is 1. The summed E-state index contributed by atoms with van der Waals surface area (Å²) in [4.78, 5) is 14.0. The lowest BCUT2D eigenvalue weighted by Gasteiger charge is -2.40. The zero-order valence-corrected chi connectivity index (χ0v) is 19.9. The number of anilines is 1.